The molecule has 2 aromatic carbocycles. The Morgan fingerprint density at radius 1 is 1.15 bits per heavy atom. The van der Waals surface area contributed by atoms with Crippen molar-refractivity contribution in [3.05, 3.63) is 95.3 Å². The number of hydrogen-bond acceptors (Lipinski definition) is 3. The third-order valence-electron chi connectivity index (χ3n) is 5.96. The number of benzene rings is 2. The molecule has 1 atom stereocenters. The fourth-order valence-electron chi connectivity index (χ4n) is 4.03. The van der Waals surface area contributed by atoms with Crippen molar-refractivity contribution in [1.29, 1.82) is 0 Å². The largest absolute Gasteiger partial charge is 0.493 e. The van der Waals surface area contributed by atoms with E-state index in [1.54, 1.807) is 6.20 Å². The van der Waals surface area contributed by atoms with Crippen molar-refractivity contribution >= 4 is 17.8 Å². The van der Waals surface area contributed by atoms with Crippen molar-refractivity contribution in [3.63, 3.8) is 0 Å². The van der Waals surface area contributed by atoms with Crippen molar-refractivity contribution < 1.29 is 9.53 Å². The number of aryl methyl sites for hydroxylation is 1. The molecule has 0 spiro atoms. The van der Waals surface area contributed by atoms with Crippen LogP contribution in [0.1, 0.15) is 30.2 Å². The number of nitrogens with one attached hydrogen (secondary N) is 1. The number of ether oxygens (including phenoxy) is 1. The van der Waals surface area contributed by atoms with Crippen LogP contribution in [0.4, 0.5) is 10.5 Å². The van der Waals surface area contributed by atoms with Crippen molar-refractivity contribution in [3.8, 4) is 5.75 Å². The summed E-state index contributed by atoms with van der Waals surface area (Å²) in [5, 5.41) is 2.95. The number of nitrogens with zero attached hydrogens (tertiary/aromatic N) is 2. The molecule has 2 heterocycles. The summed E-state index contributed by atoms with van der Waals surface area (Å²) in [5.41, 5.74) is 5.43. The van der Waals surface area contributed by atoms with Gasteiger partial charge in [0.15, 0.2) is 0 Å². The van der Waals surface area contributed by atoms with E-state index in [4.69, 9.17) is 4.74 Å². The van der Waals surface area contributed by atoms with Crippen LogP contribution in [0.15, 0.2) is 78.5 Å². The maximum Gasteiger partial charge on any atom is 0.321 e. The summed E-state index contributed by atoms with van der Waals surface area (Å²) in [6.07, 6.45) is 5.69. The molecular weight excluding hydrogens is 410 g/mol. The Morgan fingerprint density at radius 2 is 2.00 bits per heavy atom. The topological polar surface area (TPSA) is 54.5 Å². The zero-order valence-corrected chi connectivity index (χ0v) is 19.3. The summed E-state index contributed by atoms with van der Waals surface area (Å²) in [5.74, 6) is 1.18. The van der Waals surface area contributed by atoms with Gasteiger partial charge in [-0.1, -0.05) is 61.0 Å². The minimum Gasteiger partial charge on any atom is -0.493 e. The SMILES string of the molecule is Cc1ccc(NC(=O)N2CC/C(=C\c3cccc(OCCc4ccccc4)c3)C(C)C2)cn1. The molecule has 5 nitrogen and oxygen atoms in total. The van der Waals surface area contributed by atoms with Gasteiger partial charge in [-0.05, 0) is 54.7 Å². The molecule has 4 rings (SSSR count). The Balaban J connectivity index is 1.31. The van der Waals surface area contributed by atoms with Gasteiger partial charge in [0.2, 0.25) is 0 Å². The van der Waals surface area contributed by atoms with Crippen LogP contribution in [0.5, 0.6) is 5.75 Å². The zero-order chi connectivity index (χ0) is 23.0. The molecular formula is C28H31N3O2. The lowest BCUT2D eigenvalue weighted by Crippen LogP contribution is -2.42. The quantitative estimate of drug-likeness (QED) is 0.513. The number of carbonyl (C=O) groups is 1. The predicted octanol–water partition coefficient (Wildman–Crippen LogP) is 5.97. The van der Waals surface area contributed by atoms with Crippen LogP contribution in [0.2, 0.25) is 0 Å². The zero-order valence-electron chi connectivity index (χ0n) is 19.3. The Hall–Kier alpha value is -3.60. The molecule has 2 amide bonds. The Kier molecular flexibility index (Phi) is 7.40. The number of likely N-dealkylation sites (tertiary alicyclic amines) is 1. The minimum absolute atomic E-state index is 0.0691. The first-order chi connectivity index (χ1) is 16.1. The highest BCUT2D eigenvalue weighted by molar-refractivity contribution is 5.89. The highest BCUT2D eigenvalue weighted by Crippen LogP contribution is 2.26. The number of amides is 2. The lowest BCUT2D eigenvalue weighted by molar-refractivity contribution is 0.198. The van der Waals surface area contributed by atoms with Crippen LogP contribution in [0.3, 0.4) is 0 Å². The van der Waals surface area contributed by atoms with Gasteiger partial charge in [0.05, 0.1) is 18.5 Å². The number of hydrogen-bond donors (Lipinski definition) is 1. The summed E-state index contributed by atoms with van der Waals surface area (Å²) in [6, 6.07) is 22.3. The van der Waals surface area contributed by atoms with E-state index in [0.717, 1.165) is 35.5 Å². The van der Waals surface area contributed by atoms with Gasteiger partial charge < -0.3 is 15.0 Å². The average molecular weight is 442 g/mol. The molecule has 1 N–H and O–H groups in total. The van der Waals surface area contributed by atoms with E-state index < -0.39 is 0 Å². The van der Waals surface area contributed by atoms with Crippen molar-refractivity contribution in [2.45, 2.75) is 26.7 Å². The molecule has 0 bridgehead atoms. The van der Waals surface area contributed by atoms with E-state index in [1.807, 2.05) is 42.2 Å². The summed E-state index contributed by atoms with van der Waals surface area (Å²) in [4.78, 5) is 18.8. The summed E-state index contributed by atoms with van der Waals surface area (Å²) in [7, 11) is 0. The van der Waals surface area contributed by atoms with Crippen LogP contribution in [0, 0.1) is 12.8 Å². The lowest BCUT2D eigenvalue weighted by Gasteiger charge is -2.33. The van der Waals surface area contributed by atoms with Gasteiger partial charge in [-0.15, -0.1) is 0 Å². The second-order valence-corrected chi connectivity index (χ2v) is 8.59. The van der Waals surface area contributed by atoms with Gasteiger partial charge in [0.1, 0.15) is 5.75 Å². The van der Waals surface area contributed by atoms with E-state index in [9.17, 15) is 4.79 Å². The number of rotatable bonds is 6. The fraction of sp³-hybridized carbons (Fsp3) is 0.286. The maximum atomic E-state index is 12.7. The maximum absolute atomic E-state index is 12.7. The number of piperidine rings is 1. The van der Waals surface area contributed by atoms with Crippen molar-refractivity contribution in [2.24, 2.45) is 5.92 Å². The first-order valence-corrected chi connectivity index (χ1v) is 11.5. The summed E-state index contributed by atoms with van der Waals surface area (Å²) < 4.78 is 5.98. The number of aromatic nitrogens is 1. The molecule has 33 heavy (non-hydrogen) atoms. The molecule has 1 saturated heterocycles. The van der Waals surface area contributed by atoms with E-state index in [1.165, 1.54) is 11.1 Å². The molecule has 1 unspecified atom stereocenters. The Morgan fingerprint density at radius 3 is 2.76 bits per heavy atom. The molecule has 0 aliphatic carbocycles. The van der Waals surface area contributed by atoms with Crippen LogP contribution >= 0.6 is 0 Å². The monoisotopic (exact) mass is 441 g/mol. The molecule has 1 aromatic heterocycles. The van der Waals surface area contributed by atoms with E-state index in [0.29, 0.717) is 25.6 Å². The third-order valence-corrected chi connectivity index (χ3v) is 5.96. The predicted molar refractivity (Wildman–Crippen MR) is 133 cm³/mol. The Labute approximate surface area is 196 Å². The number of urea groups is 1. The fourth-order valence-corrected chi connectivity index (χ4v) is 4.03. The Bertz CT molecular complexity index is 1090. The highest BCUT2D eigenvalue weighted by Gasteiger charge is 2.24. The number of anilines is 1. The molecule has 1 aliphatic heterocycles. The van der Waals surface area contributed by atoms with Crippen molar-refractivity contribution in [2.75, 3.05) is 25.0 Å². The second kappa shape index (κ2) is 10.8. The molecule has 1 aliphatic rings. The smallest absolute Gasteiger partial charge is 0.321 e. The molecule has 3 aromatic rings. The van der Waals surface area contributed by atoms with E-state index >= 15 is 0 Å². The van der Waals surface area contributed by atoms with Crippen LogP contribution in [-0.4, -0.2) is 35.6 Å². The minimum atomic E-state index is -0.0691. The lowest BCUT2D eigenvalue weighted by atomic mass is 9.91. The molecule has 0 saturated carbocycles. The normalized spacial score (nSPS) is 17.1. The van der Waals surface area contributed by atoms with Crippen molar-refractivity contribution in [1.82, 2.24) is 9.88 Å². The highest BCUT2D eigenvalue weighted by atomic mass is 16.5. The van der Waals surface area contributed by atoms with Gasteiger partial charge in [-0.3, -0.25) is 4.98 Å². The molecule has 1 fully saturated rings. The summed E-state index contributed by atoms with van der Waals surface area (Å²) >= 11 is 0. The van der Waals surface area contributed by atoms with Gasteiger partial charge >= 0.3 is 6.03 Å². The standard InChI is InChI=1S/C28H31N3O2/c1-21-20-31(28(32)30-26-12-11-22(2)29-19-26)15-13-25(21)17-24-9-6-10-27(18-24)33-16-14-23-7-4-3-5-8-23/h3-12,17-19,21H,13-16,20H2,1-2H3,(H,30,32)/b25-17+. The summed E-state index contributed by atoms with van der Waals surface area (Å²) in [6.45, 7) is 6.16. The van der Waals surface area contributed by atoms with Gasteiger partial charge in [0.25, 0.3) is 0 Å². The second-order valence-electron chi connectivity index (χ2n) is 8.59. The van der Waals surface area contributed by atoms with E-state index in [-0.39, 0.29) is 6.03 Å². The van der Waals surface area contributed by atoms with Gasteiger partial charge in [-0.2, -0.15) is 0 Å². The van der Waals surface area contributed by atoms with Crippen LogP contribution in [0.25, 0.3) is 6.08 Å². The van der Waals surface area contributed by atoms with E-state index in [2.05, 4.69) is 59.7 Å². The number of carbonyl (C=O) groups excluding carboxylic acids is 1. The van der Waals surface area contributed by atoms with Gasteiger partial charge in [-0.25, -0.2) is 4.79 Å². The first-order valence-electron chi connectivity index (χ1n) is 11.5. The van der Waals surface area contributed by atoms with Crippen LogP contribution < -0.4 is 10.1 Å². The molecule has 170 valence electrons. The third kappa shape index (κ3) is 6.45. The van der Waals surface area contributed by atoms with Gasteiger partial charge in [0, 0.05) is 25.2 Å². The molecule has 5 heteroatoms. The number of pyridine rings is 1. The van der Waals surface area contributed by atoms with Crippen LogP contribution in [-0.2, 0) is 6.42 Å². The first kappa shape index (κ1) is 22.6. The molecule has 0 radical (unpaired) electrons. The average Bonchev–Trinajstić information content (AvgIpc) is 2.83.